The summed E-state index contributed by atoms with van der Waals surface area (Å²) in [6.07, 6.45) is 1.02. The number of methoxy groups -OCH3 is 1. The summed E-state index contributed by atoms with van der Waals surface area (Å²) in [6, 6.07) is 4.50. The van der Waals surface area contributed by atoms with E-state index in [2.05, 4.69) is 35.1 Å². The Bertz CT molecular complexity index is 301. The van der Waals surface area contributed by atoms with Crippen LogP contribution in [0.25, 0.3) is 0 Å². The molecule has 1 atom stereocenters. The highest BCUT2D eigenvalue weighted by Crippen LogP contribution is 2.21. The lowest BCUT2D eigenvalue weighted by atomic mass is 10.2. The minimum absolute atomic E-state index is 0.308. The molecule has 1 rings (SSSR count). The quantitative estimate of drug-likeness (QED) is 0.606. The SMILES string of the molecule is CCC(NC(=S)NCCOC)c1cccs1. The number of hydrogen-bond acceptors (Lipinski definition) is 3. The van der Waals surface area contributed by atoms with Crippen molar-refractivity contribution in [1.82, 2.24) is 10.6 Å². The lowest BCUT2D eigenvalue weighted by Crippen LogP contribution is -2.38. The highest BCUT2D eigenvalue weighted by Gasteiger charge is 2.10. The maximum Gasteiger partial charge on any atom is 0.166 e. The van der Waals surface area contributed by atoms with Gasteiger partial charge >= 0.3 is 0 Å². The molecule has 0 bridgehead atoms. The van der Waals surface area contributed by atoms with Gasteiger partial charge in [0.15, 0.2) is 5.11 Å². The molecule has 0 radical (unpaired) electrons. The Hall–Kier alpha value is -0.650. The molecule has 0 fully saturated rings. The smallest absolute Gasteiger partial charge is 0.166 e. The Morgan fingerprint density at radius 3 is 3.00 bits per heavy atom. The Morgan fingerprint density at radius 1 is 1.62 bits per heavy atom. The largest absolute Gasteiger partial charge is 0.383 e. The van der Waals surface area contributed by atoms with Crippen molar-refractivity contribution >= 4 is 28.7 Å². The van der Waals surface area contributed by atoms with Crippen LogP contribution < -0.4 is 10.6 Å². The second kappa shape index (κ2) is 7.60. The number of thiocarbonyl (C=S) groups is 1. The van der Waals surface area contributed by atoms with Crippen LogP contribution in [0.15, 0.2) is 17.5 Å². The maximum absolute atomic E-state index is 5.21. The molecular weight excluding hydrogens is 240 g/mol. The maximum atomic E-state index is 5.21. The lowest BCUT2D eigenvalue weighted by Gasteiger charge is -2.18. The molecule has 5 heteroatoms. The molecule has 3 nitrogen and oxygen atoms in total. The molecule has 0 aliphatic carbocycles. The molecule has 0 saturated carbocycles. The highest BCUT2D eigenvalue weighted by atomic mass is 32.1. The fraction of sp³-hybridized carbons (Fsp3) is 0.545. The van der Waals surface area contributed by atoms with Gasteiger partial charge in [-0.05, 0) is 30.1 Å². The van der Waals surface area contributed by atoms with Gasteiger partial charge in [0, 0.05) is 18.5 Å². The van der Waals surface area contributed by atoms with E-state index in [9.17, 15) is 0 Å². The van der Waals surface area contributed by atoms with Crippen LogP contribution in [0.5, 0.6) is 0 Å². The molecule has 1 unspecified atom stereocenters. The average Bonchev–Trinajstić information content (AvgIpc) is 2.79. The van der Waals surface area contributed by atoms with Crippen molar-refractivity contribution in [2.24, 2.45) is 0 Å². The summed E-state index contributed by atoms with van der Waals surface area (Å²) in [5, 5.41) is 9.19. The van der Waals surface area contributed by atoms with Gasteiger partial charge in [-0.2, -0.15) is 0 Å². The average molecular weight is 258 g/mol. The molecule has 2 N–H and O–H groups in total. The molecule has 0 spiro atoms. The van der Waals surface area contributed by atoms with Crippen LogP contribution in [0.1, 0.15) is 24.3 Å². The third-order valence-corrected chi connectivity index (χ3v) is 3.44. The van der Waals surface area contributed by atoms with Crippen LogP contribution in [0.2, 0.25) is 0 Å². The van der Waals surface area contributed by atoms with Crippen molar-refractivity contribution in [1.29, 1.82) is 0 Å². The molecule has 0 amide bonds. The van der Waals surface area contributed by atoms with Crippen LogP contribution >= 0.6 is 23.6 Å². The molecule has 0 saturated heterocycles. The minimum Gasteiger partial charge on any atom is -0.383 e. The summed E-state index contributed by atoms with van der Waals surface area (Å²) in [4.78, 5) is 1.32. The number of ether oxygens (including phenoxy) is 1. The van der Waals surface area contributed by atoms with Crippen molar-refractivity contribution in [3.63, 3.8) is 0 Å². The van der Waals surface area contributed by atoms with E-state index in [-0.39, 0.29) is 0 Å². The zero-order valence-electron chi connectivity index (χ0n) is 9.66. The van der Waals surface area contributed by atoms with Gasteiger partial charge in [-0.15, -0.1) is 11.3 Å². The molecule has 0 aliphatic heterocycles. The summed E-state index contributed by atoms with van der Waals surface area (Å²) in [5.41, 5.74) is 0. The predicted molar refractivity (Wildman–Crippen MR) is 73.0 cm³/mol. The van der Waals surface area contributed by atoms with E-state index in [4.69, 9.17) is 17.0 Å². The first kappa shape index (κ1) is 13.4. The molecule has 1 heterocycles. The van der Waals surface area contributed by atoms with E-state index in [1.165, 1.54) is 4.88 Å². The second-order valence-electron chi connectivity index (χ2n) is 3.37. The summed E-state index contributed by atoms with van der Waals surface area (Å²) in [5.74, 6) is 0. The third kappa shape index (κ3) is 4.47. The Balaban J connectivity index is 2.36. The van der Waals surface area contributed by atoms with E-state index < -0.39 is 0 Å². The lowest BCUT2D eigenvalue weighted by molar-refractivity contribution is 0.204. The zero-order valence-corrected chi connectivity index (χ0v) is 11.3. The van der Waals surface area contributed by atoms with Crippen molar-refractivity contribution in [3.8, 4) is 0 Å². The predicted octanol–water partition coefficient (Wildman–Crippen LogP) is 2.31. The number of thiophene rings is 1. The van der Waals surface area contributed by atoms with Crippen molar-refractivity contribution < 1.29 is 4.74 Å². The fourth-order valence-electron chi connectivity index (χ4n) is 1.34. The Labute approximate surface area is 106 Å². The Kier molecular flexibility index (Phi) is 6.37. The summed E-state index contributed by atoms with van der Waals surface area (Å²) in [6.45, 7) is 3.55. The zero-order chi connectivity index (χ0) is 11.8. The van der Waals surface area contributed by atoms with E-state index in [0.717, 1.165) is 13.0 Å². The first-order valence-electron chi connectivity index (χ1n) is 5.34. The number of nitrogens with one attached hydrogen (secondary N) is 2. The van der Waals surface area contributed by atoms with Crippen molar-refractivity contribution in [2.75, 3.05) is 20.3 Å². The molecule has 0 aliphatic rings. The van der Waals surface area contributed by atoms with Crippen LogP contribution in [0.3, 0.4) is 0 Å². The minimum atomic E-state index is 0.308. The normalized spacial score (nSPS) is 12.1. The van der Waals surface area contributed by atoms with Gasteiger partial charge in [0.05, 0.1) is 12.6 Å². The van der Waals surface area contributed by atoms with Gasteiger partial charge in [0.2, 0.25) is 0 Å². The molecular formula is C11H18N2OS2. The highest BCUT2D eigenvalue weighted by molar-refractivity contribution is 7.80. The standard InChI is InChI=1S/C11H18N2OS2/c1-3-9(10-5-4-8-16-10)13-11(15)12-6-7-14-2/h4-5,8-9H,3,6-7H2,1-2H3,(H2,12,13,15). The summed E-state index contributed by atoms with van der Waals surface area (Å²) >= 11 is 6.96. The van der Waals surface area contributed by atoms with Crippen LogP contribution in [-0.4, -0.2) is 25.4 Å². The van der Waals surface area contributed by atoms with E-state index >= 15 is 0 Å². The fourth-order valence-corrected chi connectivity index (χ4v) is 2.45. The monoisotopic (exact) mass is 258 g/mol. The van der Waals surface area contributed by atoms with Gasteiger partial charge in [0.1, 0.15) is 0 Å². The van der Waals surface area contributed by atoms with E-state index in [1.54, 1.807) is 18.4 Å². The van der Waals surface area contributed by atoms with E-state index in [0.29, 0.717) is 17.8 Å². The summed E-state index contributed by atoms with van der Waals surface area (Å²) < 4.78 is 4.95. The first-order chi connectivity index (χ1) is 7.77. The van der Waals surface area contributed by atoms with Gasteiger partial charge in [-0.25, -0.2) is 0 Å². The van der Waals surface area contributed by atoms with Crippen molar-refractivity contribution in [2.45, 2.75) is 19.4 Å². The van der Waals surface area contributed by atoms with Crippen molar-refractivity contribution in [3.05, 3.63) is 22.4 Å². The van der Waals surface area contributed by atoms with Gasteiger partial charge < -0.3 is 15.4 Å². The molecule has 0 aromatic carbocycles. The molecule has 1 aromatic rings. The summed E-state index contributed by atoms with van der Waals surface area (Å²) in [7, 11) is 1.68. The van der Waals surface area contributed by atoms with Gasteiger partial charge in [-0.3, -0.25) is 0 Å². The first-order valence-corrected chi connectivity index (χ1v) is 6.63. The second-order valence-corrected chi connectivity index (χ2v) is 4.76. The van der Waals surface area contributed by atoms with Crippen LogP contribution in [0.4, 0.5) is 0 Å². The topological polar surface area (TPSA) is 33.3 Å². The van der Waals surface area contributed by atoms with Gasteiger partial charge in [-0.1, -0.05) is 13.0 Å². The Morgan fingerprint density at radius 2 is 2.44 bits per heavy atom. The molecule has 16 heavy (non-hydrogen) atoms. The van der Waals surface area contributed by atoms with Crippen LogP contribution in [-0.2, 0) is 4.74 Å². The number of hydrogen-bond donors (Lipinski definition) is 2. The van der Waals surface area contributed by atoms with Gasteiger partial charge in [0.25, 0.3) is 0 Å². The van der Waals surface area contributed by atoms with Crippen LogP contribution in [0, 0.1) is 0 Å². The molecule has 1 aromatic heterocycles. The third-order valence-electron chi connectivity index (χ3n) is 2.19. The molecule has 90 valence electrons. The number of rotatable bonds is 6. The van der Waals surface area contributed by atoms with E-state index in [1.807, 2.05) is 0 Å².